The third kappa shape index (κ3) is 4.18. The van der Waals surface area contributed by atoms with Gasteiger partial charge in [-0.1, -0.05) is 61.3 Å². The zero-order valence-electron chi connectivity index (χ0n) is 20.1. The molecule has 0 spiro atoms. The predicted octanol–water partition coefficient (Wildman–Crippen LogP) is 5.58. The first-order valence-corrected chi connectivity index (χ1v) is 12.4. The van der Waals surface area contributed by atoms with Crippen LogP contribution in [-0.2, 0) is 14.4 Å². The van der Waals surface area contributed by atoms with E-state index in [1.54, 1.807) is 36.4 Å². The third-order valence-electron chi connectivity index (χ3n) is 6.50. The summed E-state index contributed by atoms with van der Waals surface area (Å²) in [6.07, 6.45) is 0.972. The summed E-state index contributed by atoms with van der Waals surface area (Å²) in [7, 11) is 1.58. The summed E-state index contributed by atoms with van der Waals surface area (Å²) in [6.45, 7) is 2.68. The van der Waals surface area contributed by atoms with Gasteiger partial charge in [0.2, 0.25) is 5.91 Å². The normalized spacial score (nSPS) is 21.1. The van der Waals surface area contributed by atoms with Crippen molar-refractivity contribution in [2.75, 3.05) is 23.7 Å². The van der Waals surface area contributed by atoms with E-state index in [-0.39, 0.29) is 5.91 Å². The molecule has 2 saturated heterocycles. The van der Waals surface area contributed by atoms with Crippen LogP contribution in [0.25, 0.3) is 0 Å². The maximum absolute atomic E-state index is 13.8. The fraction of sp³-hybridized carbons (Fsp3) is 0.286. The van der Waals surface area contributed by atoms with Crippen molar-refractivity contribution in [3.8, 4) is 11.5 Å². The van der Waals surface area contributed by atoms with Gasteiger partial charge in [0, 0.05) is 0 Å². The van der Waals surface area contributed by atoms with E-state index in [1.165, 1.54) is 0 Å². The van der Waals surface area contributed by atoms with Crippen molar-refractivity contribution in [2.45, 2.75) is 31.9 Å². The summed E-state index contributed by atoms with van der Waals surface area (Å²) in [5.41, 5.74) is 1.87. The van der Waals surface area contributed by atoms with Crippen LogP contribution in [0.5, 0.6) is 11.5 Å². The standard InChI is InChI=1S/C28H27ClN2O5/c1-3-4-16-35-22-15-14-18(17-23(22)34-2)25-24-26(36-31(25)19-10-6-5-7-11-19)28(33)30(27(24)32)21-13-9-8-12-20(21)29/h5-15,17,24-26H,3-4,16H2,1-2H3. The molecule has 2 amide bonds. The number of anilines is 2. The van der Waals surface area contributed by atoms with Gasteiger partial charge >= 0.3 is 0 Å². The first kappa shape index (κ1) is 24.2. The van der Waals surface area contributed by atoms with Crippen molar-refractivity contribution in [1.29, 1.82) is 0 Å². The Morgan fingerprint density at radius 1 is 0.944 bits per heavy atom. The monoisotopic (exact) mass is 506 g/mol. The number of imide groups is 1. The second-order valence-corrected chi connectivity index (χ2v) is 9.14. The molecule has 5 rings (SSSR count). The second-order valence-electron chi connectivity index (χ2n) is 8.73. The molecule has 36 heavy (non-hydrogen) atoms. The number of amides is 2. The number of hydroxylamine groups is 1. The van der Waals surface area contributed by atoms with Gasteiger partial charge in [0.15, 0.2) is 17.6 Å². The van der Waals surface area contributed by atoms with Gasteiger partial charge in [-0.05, 0) is 48.4 Å². The quantitative estimate of drug-likeness (QED) is 0.293. The van der Waals surface area contributed by atoms with Crippen molar-refractivity contribution in [1.82, 2.24) is 0 Å². The molecule has 8 heteroatoms. The van der Waals surface area contributed by atoms with Gasteiger partial charge in [-0.25, -0.2) is 9.96 Å². The Balaban J connectivity index is 1.56. The lowest BCUT2D eigenvalue weighted by Gasteiger charge is -2.29. The first-order valence-electron chi connectivity index (χ1n) is 12.0. The summed E-state index contributed by atoms with van der Waals surface area (Å²) in [4.78, 5) is 34.6. The van der Waals surface area contributed by atoms with Gasteiger partial charge in [0.1, 0.15) is 5.92 Å². The van der Waals surface area contributed by atoms with Crippen molar-refractivity contribution in [3.63, 3.8) is 0 Å². The highest BCUT2D eigenvalue weighted by atomic mass is 35.5. The highest BCUT2D eigenvalue weighted by molar-refractivity contribution is 6.36. The molecular formula is C28H27ClN2O5. The Morgan fingerprint density at radius 3 is 2.42 bits per heavy atom. The smallest absolute Gasteiger partial charge is 0.266 e. The molecule has 2 aliphatic heterocycles. The average molecular weight is 507 g/mol. The number of rotatable bonds is 8. The number of para-hydroxylation sites is 2. The van der Waals surface area contributed by atoms with Crippen LogP contribution in [0.15, 0.2) is 72.8 Å². The predicted molar refractivity (Wildman–Crippen MR) is 137 cm³/mol. The van der Waals surface area contributed by atoms with Gasteiger partial charge in [-0.3, -0.25) is 14.4 Å². The lowest BCUT2D eigenvalue weighted by Crippen LogP contribution is -2.37. The first-order chi connectivity index (χ1) is 17.5. The number of hydrogen-bond donors (Lipinski definition) is 0. The number of halogens is 1. The van der Waals surface area contributed by atoms with Crippen LogP contribution < -0.4 is 19.4 Å². The number of nitrogens with zero attached hydrogens (tertiary/aromatic N) is 2. The number of unbranched alkanes of at least 4 members (excludes halogenated alkanes) is 1. The molecule has 2 heterocycles. The number of ether oxygens (including phenoxy) is 2. The zero-order valence-corrected chi connectivity index (χ0v) is 20.9. The summed E-state index contributed by atoms with van der Waals surface area (Å²) in [5, 5.41) is 1.98. The largest absolute Gasteiger partial charge is 0.493 e. The van der Waals surface area contributed by atoms with Crippen molar-refractivity contribution in [3.05, 3.63) is 83.4 Å². The minimum atomic E-state index is -0.981. The maximum atomic E-state index is 13.8. The number of benzene rings is 3. The third-order valence-corrected chi connectivity index (χ3v) is 6.82. The minimum absolute atomic E-state index is 0.325. The van der Waals surface area contributed by atoms with Crippen LogP contribution in [0.2, 0.25) is 5.02 Å². The molecule has 3 unspecified atom stereocenters. The molecule has 0 radical (unpaired) electrons. The Bertz CT molecular complexity index is 1270. The average Bonchev–Trinajstić information content (AvgIpc) is 3.41. The van der Waals surface area contributed by atoms with Crippen LogP contribution in [0.3, 0.4) is 0 Å². The molecule has 3 atom stereocenters. The van der Waals surface area contributed by atoms with Crippen LogP contribution in [0.4, 0.5) is 11.4 Å². The highest BCUT2D eigenvalue weighted by Crippen LogP contribution is 2.49. The summed E-state index contributed by atoms with van der Waals surface area (Å²) < 4.78 is 11.5. The number of fused-ring (bicyclic) bond motifs is 1. The molecule has 3 aromatic rings. The van der Waals surface area contributed by atoms with E-state index in [0.29, 0.717) is 28.8 Å². The molecule has 2 fully saturated rings. The van der Waals surface area contributed by atoms with Crippen molar-refractivity contribution in [2.24, 2.45) is 5.92 Å². The summed E-state index contributed by atoms with van der Waals surface area (Å²) in [6, 6.07) is 21.3. The van der Waals surface area contributed by atoms with E-state index in [4.69, 9.17) is 25.9 Å². The molecular weight excluding hydrogens is 480 g/mol. The molecule has 0 bridgehead atoms. The minimum Gasteiger partial charge on any atom is -0.493 e. The topological polar surface area (TPSA) is 68.3 Å². The van der Waals surface area contributed by atoms with E-state index >= 15 is 0 Å². The van der Waals surface area contributed by atoms with Gasteiger partial charge in [-0.2, -0.15) is 0 Å². The molecule has 0 N–H and O–H groups in total. The fourth-order valence-electron chi connectivity index (χ4n) is 4.74. The number of hydrogen-bond acceptors (Lipinski definition) is 6. The molecule has 7 nitrogen and oxygen atoms in total. The Morgan fingerprint density at radius 2 is 1.69 bits per heavy atom. The molecule has 0 saturated carbocycles. The second kappa shape index (κ2) is 10.2. The molecule has 0 aromatic heterocycles. The fourth-order valence-corrected chi connectivity index (χ4v) is 4.96. The number of carbonyl (C=O) groups is 2. The van der Waals surface area contributed by atoms with E-state index in [2.05, 4.69) is 6.92 Å². The van der Waals surface area contributed by atoms with Gasteiger partial charge < -0.3 is 9.47 Å². The van der Waals surface area contributed by atoms with E-state index in [0.717, 1.165) is 29.0 Å². The van der Waals surface area contributed by atoms with Crippen LogP contribution >= 0.6 is 11.6 Å². The molecule has 0 aliphatic carbocycles. The van der Waals surface area contributed by atoms with Gasteiger partial charge in [0.25, 0.3) is 5.91 Å². The van der Waals surface area contributed by atoms with Crippen molar-refractivity contribution >= 4 is 34.8 Å². The Labute approximate surface area is 215 Å². The van der Waals surface area contributed by atoms with Crippen LogP contribution in [-0.4, -0.2) is 31.6 Å². The number of methoxy groups -OCH3 is 1. The van der Waals surface area contributed by atoms with Gasteiger partial charge in [-0.15, -0.1) is 0 Å². The highest BCUT2D eigenvalue weighted by Gasteiger charge is 2.60. The summed E-state index contributed by atoms with van der Waals surface area (Å²) in [5.74, 6) is -0.384. The Kier molecular flexibility index (Phi) is 6.85. The molecule has 2 aliphatic rings. The van der Waals surface area contributed by atoms with Crippen LogP contribution in [0.1, 0.15) is 31.4 Å². The lowest BCUT2D eigenvalue weighted by molar-refractivity contribution is -0.126. The van der Waals surface area contributed by atoms with E-state index in [1.807, 2.05) is 48.5 Å². The van der Waals surface area contributed by atoms with E-state index in [9.17, 15) is 9.59 Å². The molecule has 186 valence electrons. The molecule has 3 aromatic carbocycles. The SMILES string of the molecule is CCCCOc1ccc(C2C3C(=O)N(c4ccccc4Cl)C(=O)C3ON2c2ccccc2)cc1OC. The van der Waals surface area contributed by atoms with Crippen molar-refractivity contribution < 1.29 is 23.9 Å². The lowest BCUT2D eigenvalue weighted by atomic mass is 9.90. The van der Waals surface area contributed by atoms with E-state index < -0.39 is 24.0 Å². The van der Waals surface area contributed by atoms with Gasteiger partial charge in [0.05, 0.1) is 36.2 Å². The zero-order chi connectivity index (χ0) is 25.2. The maximum Gasteiger partial charge on any atom is 0.266 e. The number of carbonyl (C=O) groups excluding carboxylic acids is 2. The summed E-state index contributed by atoms with van der Waals surface area (Å²) >= 11 is 6.35. The Hall–Kier alpha value is -3.55. The van der Waals surface area contributed by atoms with Crippen LogP contribution in [0, 0.1) is 5.92 Å².